The third-order valence-corrected chi connectivity index (χ3v) is 4.59. The smallest absolute Gasteiger partial charge is 0.219 e. The van der Waals surface area contributed by atoms with Gasteiger partial charge >= 0.3 is 0 Å². The number of nitrogens with zero attached hydrogens (tertiary/aromatic N) is 2. The summed E-state index contributed by atoms with van der Waals surface area (Å²) in [5.41, 5.74) is 2.69. The third kappa shape index (κ3) is 4.96. The van der Waals surface area contributed by atoms with Gasteiger partial charge in [-0.3, -0.25) is 4.79 Å². The quantitative estimate of drug-likeness (QED) is 0.405. The van der Waals surface area contributed by atoms with Gasteiger partial charge in [-0.1, -0.05) is 59.2 Å². The van der Waals surface area contributed by atoms with Gasteiger partial charge in [0.25, 0.3) is 0 Å². The van der Waals surface area contributed by atoms with Crippen LogP contribution < -0.4 is 10.1 Å². The maximum Gasteiger partial charge on any atom is 0.219 e. The van der Waals surface area contributed by atoms with Gasteiger partial charge in [0.05, 0.1) is 0 Å². The fourth-order valence-electron chi connectivity index (χ4n) is 2.94. The van der Waals surface area contributed by atoms with E-state index in [1.54, 1.807) is 6.21 Å². The number of halogens is 1. The summed E-state index contributed by atoms with van der Waals surface area (Å²) in [6.07, 6.45) is 3.79. The van der Waals surface area contributed by atoms with Crippen molar-refractivity contribution in [2.45, 2.75) is 13.5 Å². The number of carbonyl (C=O) groups excluding carboxylic acids is 1. The maximum atomic E-state index is 12.6. The Balaban J connectivity index is 1.64. The highest BCUT2D eigenvalue weighted by atomic mass is 35.5. The molecular formula is C21H23ClN3O2+. The average Bonchev–Trinajstić information content (AvgIpc) is 3.11. The lowest BCUT2D eigenvalue weighted by atomic mass is 10.1. The second-order valence-corrected chi connectivity index (χ2v) is 6.55. The lowest BCUT2D eigenvalue weighted by Crippen LogP contribution is -2.40. The van der Waals surface area contributed by atoms with E-state index in [2.05, 4.69) is 10.4 Å². The number of Topliss-reactive ketones (excluding diaryl/α,β-unsaturated/α-hetero) is 1. The van der Waals surface area contributed by atoms with Gasteiger partial charge in [0.15, 0.2) is 12.6 Å². The lowest BCUT2D eigenvalue weighted by Gasteiger charge is -2.23. The van der Waals surface area contributed by atoms with Crippen LogP contribution in [-0.4, -0.2) is 35.7 Å². The third-order valence-electron chi connectivity index (χ3n) is 4.48. The predicted molar refractivity (Wildman–Crippen MR) is 108 cm³/mol. The molecule has 1 heterocycles. The van der Waals surface area contributed by atoms with Crippen LogP contribution in [0.5, 0.6) is 5.75 Å². The van der Waals surface area contributed by atoms with Crippen molar-refractivity contribution < 1.29 is 14.1 Å². The zero-order valence-corrected chi connectivity index (χ0v) is 16.0. The number of carbonyl (C=O) groups is 1. The molecule has 0 saturated heterocycles. The Morgan fingerprint density at radius 3 is 2.74 bits per heavy atom. The van der Waals surface area contributed by atoms with E-state index in [0.29, 0.717) is 25.2 Å². The largest absolute Gasteiger partial charge is 0.478 e. The van der Waals surface area contributed by atoms with Crippen molar-refractivity contribution in [2.75, 3.05) is 19.2 Å². The molecule has 0 aliphatic carbocycles. The number of benzene rings is 2. The van der Waals surface area contributed by atoms with Crippen molar-refractivity contribution in [1.82, 2.24) is 5.32 Å². The monoisotopic (exact) mass is 384 g/mol. The van der Waals surface area contributed by atoms with Gasteiger partial charge < -0.3 is 10.1 Å². The molecule has 0 spiro atoms. The molecule has 140 valence electrons. The molecule has 2 aromatic carbocycles. The minimum Gasteiger partial charge on any atom is -0.478 e. The first-order valence-corrected chi connectivity index (χ1v) is 9.42. The summed E-state index contributed by atoms with van der Waals surface area (Å²) < 4.78 is 5.58. The SMILES string of the molecule is CC[N+]1(CC(=O)c2ccccc2)C=C(NCc2cccc(OCCl)c2)C=N1. The molecule has 2 aromatic rings. The molecule has 1 aliphatic rings. The Kier molecular flexibility index (Phi) is 6.27. The number of quaternary nitrogens is 1. The topological polar surface area (TPSA) is 50.7 Å². The molecule has 1 N–H and O–H groups in total. The fraction of sp³-hybridized carbons (Fsp3) is 0.238. The summed E-state index contributed by atoms with van der Waals surface area (Å²) in [7, 11) is 0. The van der Waals surface area contributed by atoms with Crippen LogP contribution in [0, 0.1) is 0 Å². The highest BCUT2D eigenvalue weighted by molar-refractivity contribution is 6.17. The van der Waals surface area contributed by atoms with Gasteiger partial charge in [-0.2, -0.15) is 4.59 Å². The standard InChI is InChI=1S/C21H23ClN3O2/c1-2-25(15-21(26)18-8-4-3-5-9-18)14-19(13-24-25)23-12-17-7-6-10-20(11-17)27-16-22/h3-11,13-14,23H,2,12,15-16H2,1H3/q+1. The van der Waals surface area contributed by atoms with Gasteiger partial charge in [0.2, 0.25) is 5.78 Å². The first-order valence-electron chi connectivity index (χ1n) is 8.89. The molecule has 0 bridgehead atoms. The van der Waals surface area contributed by atoms with Crippen LogP contribution in [0.15, 0.2) is 71.6 Å². The zero-order valence-electron chi connectivity index (χ0n) is 15.3. The Bertz CT molecular complexity index is 852. The fourth-order valence-corrected chi connectivity index (χ4v) is 3.07. The molecule has 0 fully saturated rings. The molecule has 0 saturated carbocycles. The highest BCUT2D eigenvalue weighted by Gasteiger charge is 2.31. The van der Waals surface area contributed by atoms with Crippen LogP contribution in [0.3, 0.4) is 0 Å². The molecule has 0 amide bonds. The molecule has 3 rings (SSSR count). The molecule has 6 heteroatoms. The number of likely N-dealkylation sites (N-methyl/N-ethyl adjacent to an activating group) is 1. The van der Waals surface area contributed by atoms with Crippen LogP contribution in [0.25, 0.3) is 0 Å². The van der Waals surface area contributed by atoms with Crippen LogP contribution in [0.4, 0.5) is 0 Å². The van der Waals surface area contributed by atoms with E-state index in [1.807, 2.05) is 67.7 Å². The van der Waals surface area contributed by atoms with E-state index in [1.165, 1.54) is 0 Å². The van der Waals surface area contributed by atoms with Gasteiger partial charge in [-0.25, -0.2) is 0 Å². The van der Waals surface area contributed by atoms with Gasteiger partial charge in [-0.15, -0.1) is 0 Å². The minimum atomic E-state index is 0.0815. The van der Waals surface area contributed by atoms with Crippen molar-refractivity contribution in [2.24, 2.45) is 5.10 Å². The van der Waals surface area contributed by atoms with Crippen molar-refractivity contribution >= 4 is 23.6 Å². The lowest BCUT2D eigenvalue weighted by molar-refractivity contribution is -0.873. The number of ketones is 1. The summed E-state index contributed by atoms with van der Waals surface area (Å²) in [4.78, 5) is 12.6. The molecule has 0 aromatic heterocycles. The molecule has 1 atom stereocenters. The summed E-state index contributed by atoms with van der Waals surface area (Å²) in [6.45, 7) is 3.68. The number of hydrogen-bond acceptors (Lipinski definition) is 4. The molecular weight excluding hydrogens is 362 g/mol. The van der Waals surface area contributed by atoms with Crippen molar-refractivity contribution in [3.63, 3.8) is 0 Å². The molecule has 1 aliphatic heterocycles. The van der Waals surface area contributed by atoms with Gasteiger partial charge in [0.1, 0.15) is 30.4 Å². The second kappa shape index (κ2) is 8.84. The number of rotatable bonds is 9. The highest BCUT2D eigenvalue weighted by Crippen LogP contribution is 2.19. The number of ether oxygens (including phenoxy) is 1. The summed E-state index contributed by atoms with van der Waals surface area (Å²) in [5.74, 6) is 0.823. The van der Waals surface area contributed by atoms with Crippen LogP contribution in [-0.2, 0) is 6.54 Å². The van der Waals surface area contributed by atoms with E-state index in [-0.39, 0.29) is 16.4 Å². The normalized spacial score (nSPS) is 18.2. The number of allylic oxidation sites excluding steroid dienone is 1. The Morgan fingerprint density at radius 1 is 1.19 bits per heavy atom. The Morgan fingerprint density at radius 2 is 2.00 bits per heavy atom. The van der Waals surface area contributed by atoms with E-state index in [9.17, 15) is 4.79 Å². The maximum absolute atomic E-state index is 12.6. The second-order valence-electron chi connectivity index (χ2n) is 6.33. The van der Waals surface area contributed by atoms with Crippen LogP contribution in [0.2, 0.25) is 0 Å². The van der Waals surface area contributed by atoms with Gasteiger partial charge in [-0.05, 0) is 24.6 Å². The first-order chi connectivity index (χ1) is 13.1. The summed E-state index contributed by atoms with van der Waals surface area (Å²) >= 11 is 5.61. The Hall–Kier alpha value is -2.63. The zero-order chi connectivity index (χ0) is 19.1. The molecule has 0 radical (unpaired) electrons. The van der Waals surface area contributed by atoms with E-state index in [4.69, 9.17) is 16.3 Å². The first kappa shape index (κ1) is 19.1. The molecule has 27 heavy (non-hydrogen) atoms. The van der Waals surface area contributed by atoms with Crippen molar-refractivity contribution in [3.05, 3.63) is 77.6 Å². The molecule has 5 nitrogen and oxygen atoms in total. The Labute approximate surface area is 164 Å². The van der Waals surface area contributed by atoms with Gasteiger partial charge in [0, 0.05) is 12.1 Å². The number of hydrogen-bond donors (Lipinski definition) is 1. The number of nitrogens with one attached hydrogen (secondary N) is 1. The van der Waals surface area contributed by atoms with E-state index in [0.717, 1.165) is 17.0 Å². The minimum absolute atomic E-state index is 0.0815. The number of alkyl halides is 1. The van der Waals surface area contributed by atoms with Crippen LogP contribution in [0.1, 0.15) is 22.8 Å². The van der Waals surface area contributed by atoms with Crippen molar-refractivity contribution in [1.29, 1.82) is 0 Å². The van der Waals surface area contributed by atoms with E-state index >= 15 is 0 Å². The summed E-state index contributed by atoms with van der Waals surface area (Å²) in [5, 5.41) is 7.95. The van der Waals surface area contributed by atoms with Crippen LogP contribution >= 0.6 is 11.6 Å². The van der Waals surface area contributed by atoms with E-state index < -0.39 is 0 Å². The predicted octanol–water partition coefficient (Wildman–Crippen LogP) is 3.91. The van der Waals surface area contributed by atoms with Crippen molar-refractivity contribution in [3.8, 4) is 5.75 Å². The average molecular weight is 385 g/mol. The summed E-state index contributed by atoms with van der Waals surface area (Å²) in [6, 6.07) is 17.2. The molecule has 1 unspecified atom stereocenters.